The van der Waals surface area contributed by atoms with E-state index in [-0.39, 0.29) is 18.0 Å². The molecule has 194 valence electrons. The molecule has 4 aromatic rings. The van der Waals surface area contributed by atoms with Crippen LogP contribution in [-0.2, 0) is 0 Å². The van der Waals surface area contributed by atoms with Crippen LogP contribution in [0.2, 0.25) is 0 Å². The Morgan fingerprint density at radius 3 is 2.55 bits per heavy atom. The first-order chi connectivity index (χ1) is 18.4. The molecule has 2 unspecified atom stereocenters. The smallest absolute Gasteiger partial charge is 0.255 e. The number of nitrogens with zero attached hydrogens (tertiary/aromatic N) is 2. The van der Waals surface area contributed by atoms with Crippen molar-refractivity contribution in [2.24, 2.45) is 5.73 Å². The van der Waals surface area contributed by atoms with Gasteiger partial charge in [0.25, 0.3) is 11.8 Å². The van der Waals surface area contributed by atoms with Crippen LogP contribution < -0.4 is 21.7 Å². The number of carbonyl (C=O) groups excluding carboxylic acids is 2. The second-order valence-electron chi connectivity index (χ2n) is 8.82. The summed E-state index contributed by atoms with van der Waals surface area (Å²) in [6.07, 6.45) is 4.77. The zero-order valence-electron chi connectivity index (χ0n) is 20.9. The van der Waals surface area contributed by atoms with E-state index < -0.39 is 5.91 Å². The van der Waals surface area contributed by atoms with E-state index in [0.717, 1.165) is 16.5 Å². The average Bonchev–Trinajstić information content (AvgIpc) is 2.92. The molecule has 8 nitrogen and oxygen atoms in total. The second-order valence-corrected chi connectivity index (χ2v) is 9.73. The van der Waals surface area contributed by atoms with Crippen LogP contribution in [0.25, 0.3) is 10.9 Å². The largest absolute Gasteiger partial charge is 0.366 e. The number of rotatable bonds is 11. The summed E-state index contributed by atoms with van der Waals surface area (Å²) in [6.45, 7) is 3.89. The lowest BCUT2D eigenvalue weighted by atomic mass is 9.96. The first-order valence-electron chi connectivity index (χ1n) is 12.1. The summed E-state index contributed by atoms with van der Waals surface area (Å²) in [7, 11) is 1.92. The lowest BCUT2D eigenvalue weighted by molar-refractivity contribution is 0.0998. The van der Waals surface area contributed by atoms with Crippen molar-refractivity contribution in [1.29, 1.82) is 0 Å². The van der Waals surface area contributed by atoms with Crippen LogP contribution in [0.1, 0.15) is 45.2 Å². The van der Waals surface area contributed by atoms with Gasteiger partial charge in [0.05, 0.1) is 17.1 Å². The highest BCUT2D eigenvalue weighted by molar-refractivity contribution is 9.10. The average molecular weight is 573 g/mol. The van der Waals surface area contributed by atoms with E-state index in [0.29, 0.717) is 40.0 Å². The fourth-order valence-corrected chi connectivity index (χ4v) is 4.56. The third kappa shape index (κ3) is 6.42. The van der Waals surface area contributed by atoms with Crippen molar-refractivity contribution in [3.05, 3.63) is 107 Å². The van der Waals surface area contributed by atoms with Crippen LogP contribution in [0.15, 0.2) is 90.2 Å². The number of para-hydroxylation sites is 1. The van der Waals surface area contributed by atoms with Gasteiger partial charge in [0.15, 0.2) is 0 Å². The Morgan fingerprint density at radius 1 is 1.08 bits per heavy atom. The number of halogens is 1. The van der Waals surface area contributed by atoms with Crippen molar-refractivity contribution < 1.29 is 9.59 Å². The minimum absolute atomic E-state index is 0.139. The summed E-state index contributed by atoms with van der Waals surface area (Å²) in [6, 6.07) is 20.1. The van der Waals surface area contributed by atoms with E-state index >= 15 is 0 Å². The number of amides is 2. The molecule has 0 fully saturated rings. The topological polar surface area (TPSA) is 122 Å². The van der Waals surface area contributed by atoms with E-state index in [9.17, 15) is 9.59 Å². The Bertz CT molecular complexity index is 1460. The van der Waals surface area contributed by atoms with Gasteiger partial charge in [-0.05, 0) is 74.0 Å². The lowest BCUT2D eigenvalue weighted by Crippen LogP contribution is -2.29. The van der Waals surface area contributed by atoms with Crippen LogP contribution in [0.5, 0.6) is 0 Å². The van der Waals surface area contributed by atoms with E-state index in [1.807, 2.05) is 55.6 Å². The Morgan fingerprint density at radius 2 is 1.84 bits per heavy atom. The molecule has 0 aliphatic heterocycles. The quantitative estimate of drug-likeness (QED) is 0.177. The van der Waals surface area contributed by atoms with Gasteiger partial charge in [-0.15, -0.1) is 6.58 Å². The third-order valence-electron chi connectivity index (χ3n) is 6.27. The highest BCUT2D eigenvalue weighted by atomic mass is 79.9. The van der Waals surface area contributed by atoms with Crippen LogP contribution in [0, 0.1) is 0 Å². The zero-order chi connectivity index (χ0) is 27.1. The highest BCUT2D eigenvalue weighted by Crippen LogP contribution is 2.30. The maximum absolute atomic E-state index is 12.8. The molecule has 0 aliphatic rings. The predicted molar refractivity (Wildman–Crippen MR) is 155 cm³/mol. The summed E-state index contributed by atoms with van der Waals surface area (Å²) >= 11 is 3.39. The van der Waals surface area contributed by atoms with E-state index in [2.05, 4.69) is 48.4 Å². The molecule has 0 spiro atoms. The summed E-state index contributed by atoms with van der Waals surface area (Å²) in [5, 5.41) is 10.6. The van der Waals surface area contributed by atoms with Gasteiger partial charge in [-0.3, -0.25) is 9.59 Å². The molecule has 0 saturated carbocycles. The van der Waals surface area contributed by atoms with Crippen LogP contribution in [0.4, 0.5) is 11.5 Å². The number of nitrogens with two attached hydrogens (primary N) is 1. The number of fused-ring (bicyclic) bond motifs is 1. The second kappa shape index (κ2) is 12.4. The van der Waals surface area contributed by atoms with Gasteiger partial charge >= 0.3 is 0 Å². The fourth-order valence-electron chi connectivity index (χ4n) is 4.30. The molecule has 0 radical (unpaired) electrons. The van der Waals surface area contributed by atoms with E-state index in [1.54, 1.807) is 24.3 Å². The summed E-state index contributed by atoms with van der Waals surface area (Å²) in [4.78, 5) is 33.6. The zero-order valence-corrected chi connectivity index (χ0v) is 22.5. The molecule has 2 amide bonds. The molecule has 0 saturated heterocycles. The number of hydrogen-bond donors (Lipinski definition) is 4. The van der Waals surface area contributed by atoms with Gasteiger partial charge in [0.2, 0.25) is 0 Å². The molecule has 2 atom stereocenters. The molecule has 9 heteroatoms. The molecule has 0 bridgehead atoms. The Balaban J connectivity index is 1.67. The number of benzene rings is 3. The van der Waals surface area contributed by atoms with Gasteiger partial charge in [-0.2, -0.15) is 0 Å². The Labute approximate surface area is 229 Å². The first-order valence-corrected chi connectivity index (χ1v) is 12.9. The summed E-state index contributed by atoms with van der Waals surface area (Å²) in [5.41, 5.74) is 8.59. The molecule has 3 aromatic carbocycles. The highest BCUT2D eigenvalue weighted by Gasteiger charge is 2.20. The molecule has 5 N–H and O–H groups in total. The summed E-state index contributed by atoms with van der Waals surface area (Å²) < 4.78 is 0.906. The lowest BCUT2D eigenvalue weighted by Gasteiger charge is -2.25. The number of aromatic nitrogens is 2. The fraction of sp³-hybridized carbons (Fsp3) is 0.172. The molecular weight excluding hydrogens is 544 g/mol. The standard InChI is InChI=1S/C29H29BrN6O2/c1-3-6-21(32-2)16-25(36-28-24-10-5-9-23(27(31)37)26(24)33-17-34-28)19-7-4-8-22(15-19)35-29(38)18-11-13-20(30)14-12-18/h3-5,7-15,17,21,25,32H,1,6,16H2,2H3,(H2,31,37)(H,35,38)(H,33,34,36). The number of hydrogen-bond acceptors (Lipinski definition) is 6. The normalized spacial score (nSPS) is 12.5. The van der Waals surface area contributed by atoms with Crippen molar-refractivity contribution in [3.63, 3.8) is 0 Å². The van der Waals surface area contributed by atoms with Gasteiger partial charge < -0.3 is 21.7 Å². The Hall–Kier alpha value is -4.08. The van der Waals surface area contributed by atoms with Crippen molar-refractivity contribution in [1.82, 2.24) is 15.3 Å². The van der Waals surface area contributed by atoms with Crippen molar-refractivity contribution in [3.8, 4) is 0 Å². The van der Waals surface area contributed by atoms with Crippen molar-refractivity contribution >= 4 is 50.2 Å². The van der Waals surface area contributed by atoms with Gasteiger partial charge in [0, 0.05) is 27.2 Å². The predicted octanol–water partition coefficient (Wildman–Crippen LogP) is 5.45. The third-order valence-corrected chi connectivity index (χ3v) is 6.80. The minimum atomic E-state index is -0.549. The van der Waals surface area contributed by atoms with E-state index in [4.69, 9.17) is 5.73 Å². The molecule has 1 aromatic heterocycles. The maximum Gasteiger partial charge on any atom is 0.255 e. The molecule has 0 aliphatic carbocycles. The van der Waals surface area contributed by atoms with Gasteiger partial charge in [-0.1, -0.05) is 40.2 Å². The number of nitrogens with one attached hydrogen (secondary N) is 3. The molecule has 4 rings (SSSR count). The molecule has 1 heterocycles. The van der Waals surface area contributed by atoms with Crippen LogP contribution in [0.3, 0.4) is 0 Å². The molecule has 38 heavy (non-hydrogen) atoms. The maximum atomic E-state index is 12.8. The van der Waals surface area contributed by atoms with Crippen LogP contribution in [-0.4, -0.2) is 34.9 Å². The van der Waals surface area contributed by atoms with E-state index in [1.165, 1.54) is 6.33 Å². The SMILES string of the molecule is C=CCC(CC(Nc1ncnc2c(C(N)=O)cccc12)c1cccc(NC(=O)c2ccc(Br)cc2)c1)NC. The number of primary amides is 1. The number of anilines is 2. The monoisotopic (exact) mass is 572 g/mol. The summed E-state index contributed by atoms with van der Waals surface area (Å²) in [5.74, 6) is -0.159. The van der Waals surface area contributed by atoms with Gasteiger partial charge in [0.1, 0.15) is 12.1 Å². The van der Waals surface area contributed by atoms with Crippen molar-refractivity contribution in [2.45, 2.75) is 24.9 Å². The van der Waals surface area contributed by atoms with Gasteiger partial charge in [-0.25, -0.2) is 9.97 Å². The Kier molecular flexibility index (Phi) is 8.83. The first kappa shape index (κ1) is 27.0. The number of carbonyl (C=O) groups is 2. The minimum Gasteiger partial charge on any atom is -0.366 e. The molecular formula is C29H29BrN6O2. The van der Waals surface area contributed by atoms with Crippen molar-refractivity contribution in [2.75, 3.05) is 17.7 Å². The van der Waals surface area contributed by atoms with Crippen LogP contribution >= 0.6 is 15.9 Å².